The summed E-state index contributed by atoms with van der Waals surface area (Å²) < 4.78 is 0. The fraction of sp³-hybridized carbons (Fsp3) is 0.571. The minimum Gasteiger partial charge on any atom is -0.383 e. The molecule has 6 heteroatoms. The number of nitro benzene ring substituents is 1. The van der Waals surface area contributed by atoms with E-state index in [4.69, 9.17) is 11.6 Å². The lowest BCUT2D eigenvalue weighted by Crippen LogP contribution is -2.35. The second-order valence-electron chi connectivity index (χ2n) is 5.53. The van der Waals surface area contributed by atoms with E-state index in [1.54, 1.807) is 13.0 Å². The van der Waals surface area contributed by atoms with Gasteiger partial charge in [0, 0.05) is 24.7 Å². The van der Waals surface area contributed by atoms with Gasteiger partial charge in [0.25, 0.3) is 5.69 Å². The number of aryl methyl sites for hydroxylation is 1. The Kier molecular flexibility index (Phi) is 4.83. The molecule has 0 radical (unpaired) electrons. The number of nitrogens with one attached hydrogen (secondary N) is 1. The monoisotopic (exact) mass is 297 g/mol. The van der Waals surface area contributed by atoms with Gasteiger partial charge in [0.1, 0.15) is 0 Å². The van der Waals surface area contributed by atoms with Crippen molar-refractivity contribution in [3.63, 3.8) is 0 Å². The van der Waals surface area contributed by atoms with E-state index >= 15 is 0 Å². The van der Waals surface area contributed by atoms with Crippen molar-refractivity contribution in [2.45, 2.75) is 19.8 Å². The van der Waals surface area contributed by atoms with Crippen molar-refractivity contribution in [2.75, 3.05) is 32.0 Å². The molecule has 0 saturated carbocycles. The molecular weight excluding hydrogens is 278 g/mol. The minimum absolute atomic E-state index is 0.0675. The van der Waals surface area contributed by atoms with E-state index in [0.717, 1.165) is 25.3 Å². The summed E-state index contributed by atoms with van der Waals surface area (Å²) in [7, 11) is 2.13. The van der Waals surface area contributed by atoms with Crippen molar-refractivity contribution in [1.29, 1.82) is 0 Å². The first-order chi connectivity index (χ1) is 9.47. The minimum atomic E-state index is -0.402. The molecule has 5 nitrogen and oxygen atoms in total. The number of nitrogens with zero attached hydrogens (tertiary/aromatic N) is 2. The third kappa shape index (κ3) is 3.61. The van der Waals surface area contributed by atoms with Crippen molar-refractivity contribution in [3.05, 3.63) is 32.8 Å². The Morgan fingerprint density at radius 3 is 2.95 bits per heavy atom. The lowest BCUT2D eigenvalue weighted by molar-refractivity contribution is -0.385. The number of likely N-dealkylation sites (tertiary alicyclic amines) is 1. The Hall–Kier alpha value is -1.33. The van der Waals surface area contributed by atoms with E-state index in [-0.39, 0.29) is 5.69 Å². The van der Waals surface area contributed by atoms with Gasteiger partial charge in [-0.1, -0.05) is 11.6 Å². The quantitative estimate of drug-likeness (QED) is 0.684. The topological polar surface area (TPSA) is 58.4 Å². The molecule has 1 aliphatic rings. The summed E-state index contributed by atoms with van der Waals surface area (Å²) in [5.74, 6) is 0.598. The van der Waals surface area contributed by atoms with Gasteiger partial charge in [0.2, 0.25) is 0 Å². The fourth-order valence-electron chi connectivity index (χ4n) is 2.70. The van der Waals surface area contributed by atoms with Crippen LogP contribution >= 0.6 is 11.6 Å². The van der Waals surface area contributed by atoms with Crippen molar-refractivity contribution in [2.24, 2.45) is 5.92 Å². The van der Waals surface area contributed by atoms with Gasteiger partial charge < -0.3 is 10.2 Å². The number of anilines is 1. The molecule has 1 heterocycles. The average Bonchev–Trinajstić information content (AvgIpc) is 2.39. The van der Waals surface area contributed by atoms with E-state index in [2.05, 4.69) is 17.3 Å². The van der Waals surface area contributed by atoms with Crippen LogP contribution in [0.2, 0.25) is 5.02 Å². The second kappa shape index (κ2) is 6.41. The van der Waals surface area contributed by atoms with Gasteiger partial charge in [-0.25, -0.2) is 0 Å². The first kappa shape index (κ1) is 15.1. The third-order valence-corrected chi connectivity index (χ3v) is 4.10. The molecule has 1 aromatic carbocycles. The first-order valence-corrected chi connectivity index (χ1v) is 7.22. The highest BCUT2D eigenvalue weighted by Crippen LogP contribution is 2.30. The SMILES string of the molecule is Cc1cc(NCC2CCCN(C)C2)c(Cl)cc1[N+](=O)[O-]. The standard InChI is InChI=1S/C14H20ClN3O2/c1-10-6-13(12(15)7-14(10)18(19)20)16-8-11-4-3-5-17(2)9-11/h6-7,11,16H,3-5,8-9H2,1-2H3. The molecule has 1 aromatic rings. The maximum atomic E-state index is 10.8. The Morgan fingerprint density at radius 2 is 2.30 bits per heavy atom. The molecule has 1 fully saturated rings. The number of benzene rings is 1. The van der Waals surface area contributed by atoms with Crippen LogP contribution in [-0.2, 0) is 0 Å². The molecule has 20 heavy (non-hydrogen) atoms. The summed E-state index contributed by atoms with van der Waals surface area (Å²) in [4.78, 5) is 12.8. The van der Waals surface area contributed by atoms with E-state index in [1.165, 1.54) is 18.9 Å². The average molecular weight is 298 g/mol. The van der Waals surface area contributed by atoms with E-state index in [1.807, 2.05) is 0 Å². The molecular formula is C14H20ClN3O2. The first-order valence-electron chi connectivity index (χ1n) is 6.84. The lowest BCUT2D eigenvalue weighted by atomic mass is 9.98. The van der Waals surface area contributed by atoms with Gasteiger partial charge in [-0.15, -0.1) is 0 Å². The molecule has 0 amide bonds. The molecule has 1 atom stereocenters. The summed E-state index contributed by atoms with van der Waals surface area (Å²) in [5.41, 5.74) is 1.48. The molecule has 1 unspecified atom stereocenters. The van der Waals surface area contributed by atoms with Crippen molar-refractivity contribution in [1.82, 2.24) is 4.90 Å². The van der Waals surface area contributed by atoms with E-state index in [0.29, 0.717) is 16.5 Å². The van der Waals surface area contributed by atoms with E-state index in [9.17, 15) is 10.1 Å². The number of hydrogen-bond acceptors (Lipinski definition) is 4. The second-order valence-corrected chi connectivity index (χ2v) is 5.93. The fourth-order valence-corrected chi connectivity index (χ4v) is 2.92. The van der Waals surface area contributed by atoms with Crippen molar-refractivity contribution >= 4 is 23.0 Å². The van der Waals surface area contributed by atoms with Gasteiger partial charge in [0.05, 0.1) is 15.6 Å². The highest BCUT2D eigenvalue weighted by atomic mass is 35.5. The van der Waals surface area contributed by atoms with Crippen molar-refractivity contribution < 1.29 is 4.92 Å². The largest absolute Gasteiger partial charge is 0.383 e. The highest BCUT2D eigenvalue weighted by molar-refractivity contribution is 6.33. The van der Waals surface area contributed by atoms with Crippen LogP contribution in [0, 0.1) is 23.0 Å². The zero-order valence-corrected chi connectivity index (χ0v) is 12.6. The zero-order valence-electron chi connectivity index (χ0n) is 11.9. The maximum absolute atomic E-state index is 10.8. The summed E-state index contributed by atoms with van der Waals surface area (Å²) in [6, 6.07) is 3.18. The third-order valence-electron chi connectivity index (χ3n) is 3.79. The molecule has 0 spiro atoms. The van der Waals surface area contributed by atoms with Gasteiger partial charge in [-0.05, 0) is 45.3 Å². The molecule has 1 saturated heterocycles. The molecule has 0 bridgehead atoms. The summed E-state index contributed by atoms with van der Waals surface area (Å²) in [5, 5.41) is 14.6. The molecule has 2 rings (SSSR count). The maximum Gasteiger partial charge on any atom is 0.273 e. The van der Waals surface area contributed by atoms with Crippen LogP contribution < -0.4 is 5.32 Å². The molecule has 110 valence electrons. The van der Waals surface area contributed by atoms with Crippen LogP contribution in [-0.4, -0.2) is 36.5 Å². The smallest absolute Gasteiger partial charge is 0.273 e. The number of rotatable bonds is 4. The summed E-state index contributed by atoms with van der Waals surface area (Å²) in [6.45, 7) is 4.82. The highest BCUT2D eigenvalue weighted by Gasteiger charge is 2.18. The number of nitro groups is 1. The van der Waals surface area contributed by atoms with Gasteiger partial charge in [0.15, 0.2) is 0 Å². The zero-order chi connectivity index (χ0) is 14.7. The van der Waals surface area contributed by atoms with E-state index < -0.39 is 4.92 Å². The number of halogens is 1. The van der Waals surface area contributed by atoms with Crippen molar-refractivity contribution in [3.8, 4) is 0 Å². The van der Waals surface area contributed by atoms with Gasteiger partial charge in [-0.2, -0.15) is 0 Å². The number of piperidine rings is 1. The Morgan fingerprint density at radius 1 is 1.55 bits per heavy atom. The van der Waals surface area contributed by atoms with Crippen LogP contribution in [0.25, 0.3) is 0 Å². The lowest BCUT2D eigenvalue weighted by Gasteiger charge is -2.30. The van der Waals surface area contributed by atoms with Crippen LogP contribution in [0.3, 0.4) is 0 Å². The molecule has 1 N–H and O–H groups in total. The van der Waals surface area contributed by atoms with Crippen LogP contribution in [0.5, 0.6) is 0 Å². The summed E-state index contributed by atoms with van der Waals surface area (Å²) >= 11 is 6.11. The van der Waals surface area contributed by atoms with Gasteiger partial charge in [-0.3, -0.25) is 10.1 Å². The Bertz CT molecular complexity index is 507. The van der Waals surface area contributed by atoms with Crippen LogP contribution in [0.1, 0.15) is 18.4 Å². The van der Waals surface area contributed by atoms with Crippen LogP contribution in [0.15, 0.2) is 12.1 Å². The molecule has 1 aliphatic heterocycles. The molecule has 0 aromatic heterocycles. The Labute approximate surface area is 124 Å². The van der Waals surface area contributed by atoms with Gasteiger partial charge >= 0.3 is 0 Å². The number of hydrogen-bond donors (Lipinski definition) is 1. The summed E-state index contributed by atoms with van der Waals surface area (Å²) in [6.07, 6.45) is 2.43. The predicted octanol–water partition coefficient (Wildman–Crippen LogP) is 3.31. The molecule has 0 aliphatic carbocycles. The van der Waals surface area contributed by atoms with Crippen LogP contribution in [0.4, 0.5) is 11.4 Å². The predicted molar refractivity (Wildman–Crippen MR) is 81.6 cm³/mol. The Balaban J connectivity index is 2.02. The normalized spacial score (nSPS) is 19.9.